The van der Waals surface area contributed by atoms with Crippen LogP contribution in [0.4, 0.5) is 16.8 Å². The highest BCUT2D eigenvalue weighted by molar-refractivity contribution is 7.17. The van der Waals surface area contributed by atoms with Crippen LogP contribution in [-0.2, 0) is 0 Å². The summed E-state index contributed by atoms with van der Waals surface area (Å²) in [4.78, 5) is 26.5. The number of nitrogens with two attached hydrogens (primary N) is 1. The van der Waals surface area contributed by atoms with Crippen molar-refractivity contribution >= 4 is 34.0 Å². The maximum absolute atomic E-state index is 11.3. The number of pyridine rings is 2. The second-order valence-corrected chi connectivity index (χ2v) is 7.71. The number of anilines is 3. The van der Waals surface area contributed by atoms with Gasteiger partial charge in [-0.1, -0.05) is 47.7 Å². The molecule has 0 spiro atoms. The topological polar surface area (TPSA) is 106 Å². The van der Waals surface area contributed by atoms with Gasteiger partial charge in [-0.15, -0.1) is 0 Å². The minimum absolute atomic E-state index is 0.172. The van der Waals surface area contributed by atoms with E-state index in [0.717, 1.165) is 16.4 Å². The maximum Gasteiger partial charge on any atom is 0.267 e. The number of primary amides is 1. The lowest BCUT2D eigenvalue weighted by atomic mass is 10.2. The molecule has 0 fully saturated rings. The molecule has 3 aromatic heterocycles. The average molecular weight is 433 g/mol. The minimum atomic E-state index is -0.593. The Balaban J connectivity index is 1.61. The molecule has 0 saturated carbocycles. The van der Waals surface area contributed by atoms with Crippen LogP contribution >= 0.6 is 11.3 Å². The second kappa shape index (κ2) is 8.80. The number of nitrogens with one attached hydrogen (secondary N) is 1. The third-order valence-corrected chi connectivity index (χ3v) is 5.32. The van der Waals surface area contributed by atoms with Gasteiger partial charge in [0.25, 0.3) is 5.91 Å². The molecule has 0 unspecified atom stereocenters. The number of thiazole rings is 1. The Labute approximate surface area is 183 Å². The Morgan fingerprint density at radius 2 is 1.84 bits per heavy atom. The van der Waals surface area contributed by atoms with E-state index in [9.17, 15) is 4.79 Å². The Bertz CT molecular complexity index is 1210. The Kier molecular flexibility index (Phi) is 5.76. The number of hydrogen-bond acceptors (Lipinski definition) is 8. The summed E-state index contributed by atoms with van der Waals surface area (Å²) in [7, 11) is 3.89. The second-order valence-electron chi connectivity index (χ2n) is 6.77. The summed E-state index contributed by atoms with van der Waals surface area (Å²) in [5.41, 5.74) is 7.22. The third kappa shape index (κ3) is 4.78. The van der Waals surface area contributed by atoms with E-state index in [4.69, 9.17) is 15.5 Å². The Morgan fingerprint density at radius 3 is 2.58 bits per heavy atom. The molecule has 4 aromatic rings. The van der Waals surface area contributed by atoms with Crippen molar-refractivity contribution in [2.24, 2.45) is 5.73 Å². The van der Waals surface area contributed by atoms with Crippen molar-refractivity contribution in [2.75, 3.05) is 24.3 Å². The predicted octanol–water partition coefficient (Wildman–Crippen LogP) is 4.30. The summed E-state index contributed by atoms with van der Waals surface area (Å²) in [6.45, 7) is 0. The summed E-state index contributed by atoms with van der Waals surface area (Å²) in [5, 5.41) is 4.59. The zero-order valence-electron chi connectivity index (χ0n) is 16.9. The van der Waals surface area contributed by atoms with Gasteiger partial charge in [0.2, 0.25) is 5.06 Å². The van der Waals surface area contributed by atoms with Gasteiger partial charge in [-0.25, -0.2) is 15.0 Å². The normalized spacial score (nSPS) is 10.5. The van der Waals surface area contributed by atoms with Gasteiger partial charge in [0.05, 0.1) is 0 Å². The number of nitrogens with zero attached hydrogens (tertiary/aromatic N) is 4. The molecule has 3 N–H and O–H groups in total. The van der Waals surface area contributed by atoms with Crippen molar-refractivity contribution in [1.29, 1.82) is 0 Å². The first-order valence-corrected chi connectivity index (χ1v) is 10.2. The van der Waals surface area contributed by atoms with Gasteiger partial charge >= 0.3 is 0 Å². The highest BCUT2D eigenvalue weighted by atomic mass is 32.1. The molecule has 9 heteroatoms. The first kappa shape index (κ1) is 20.3. The first-order chi connectivity index (χ1) is 15.0. The maximum atomic E-state index is 11.3. The van der Waals surface area contributed by atoms with Crippen LogP contribution in [0.25, 0.3) is 11.3 Å². The number of aromatic nitrogens is 3. The average Bonchev–Trinajstić information content (AvgIpc) is 3.19. The number of hydrogen-bond donors (Lipinski definition) is 2. The van der Waals surface area contributed by atoms with Gasteiger partial charge < -0.3 is 20.7 Å². The van der Waals surface area contributed by atoms with Gasteiger partial charge in [-0.3, -0.25) is 4.79 Å². The van der Waals surface area contributed by atoms with Gasteiger partial charge in [-0.05, 0) is 18.2 Å². The quantitative estimate of drug-likeness (QED) is 0.448. The smallest absolute Gasteiger partial charge is 0.267 e. The fourth-order valence-electron chi connectivity index (χ4n) is 2.76. The number of ether oxygens (including phenoxy) is 1. The highest BCUT2D eigenvalue weighted by Gasteiger charge is 2.17. The van der Waals surface area contributed by atoms with E-state index < -0.39 is 5.91 Å². The van der Waals surface area contributed by atoms with Gasteiger partial charge in [-0.2, -0.15) is 0 Å². The number of benzene rings is 1. The molecule has 0 atom stereocenters. The fourth-order valence-corrected chi connectivity index (χ4v) is 3.64. The fraction of sp³-hybridized carbons (Fsp3) is 0.0909. The number of carbonyl (C=O) groups excluding carboxylic acids is 1. The molecular formula is C22H20N6O2S. The zero-order chi connectivity index (χ0) is 21.8. The van der Waals surface area contributed by atoms with Crippen LogP contribution in [0.1, 0.15) is 10.5 Å². The molecule has 0 saturated heterocycles. The molecule has 4 rings (SSSR count). The Morgan fingerprint density at radius 1 is 1.03 bits per heavy atom. The van der Waals surface area contributed by atoms with Crippen LogP contribution in [0.2, 0.25) is 0 Å². The molecule has 3 heterocycles. The molecule has 156 valence electrons. The molecule has 0 aliphatic rings. The molecule has 31 heavy (non-hydrogen) atoms. The molecule has 1 aromatic carbocycles. The van der Waals surface area contributed by atoms with Crippen LogP contribution in [0, 0.1) is 0 Å². The van der Waals surface area contributed by atoms with E-state index in [0.29, 0.717) is 22.4 Å². The van der Waals surface area contributed by atoms with Crippen LogP contribution < -0.4 is 20.7 Å². The first-order valence-electron chi connectivity index (χ1n) is 9.41. The van der Waals surface area contributed by atoms with Gasteiger partial charge in [0.1, 0.15) is 28.8 Å². The molecule has 1 amide bonds. The van der Waals surface area contributed by atoms with Crippen molar-refractivity contribution in [3.8, 4) is 22.1 Å². The van der Waals surface area contributed by atoms with Crippen molar-refractivity contribution < 1.29 is 9.53 Å². The minimum Gasteiger partial charge on any atom is -0.444 e. The summed E-state index contributed by atoms with van der Waals surface area (Å²) in [5.74, 6) is 0.975. The molecule has 0 aliphatic heterocycles. The lowest BCUT2D eigenvalue weighted by Crippen LogP contribution is -2.13. The van der Waals surface area contributed by atoms with E-state index in [1.165, 1.54) is 11.3 Å². The van der Waals surface area contributed by atoms with Crippen LogP contribution in [0.15, 0.2) is 66.9 Å². The summed E-state index contributed by atoms with van der Waals surface area (Å²) < 4.78 is 6.19. The predicted molar refractivity (Wildman–Crippen MR) is 122 cm³/mol. The summed E-state index contributed by atoms with van der Waals surface area (Å²) >= 11 is 1.46. The largest absolute Gasteiger partial charge is 0.444 e. The van der Waals surface area contributed by atoms with Crippen LogP contribution in [0.5, 0.6) is 10.8 Å². The van der Waals surface area contributed by atoms with Crippen LogP contribution in [-0.4, -0.2) is 35.0 Å². The lowest BCUT2D eigenvalue weighted by molar-refractivity contribution is 0.0995. The van der Waals surface area contributed by atoms with E-state index in [2.05, 4.69) is 15.3 Å². The monoisotopic (exact) mass is 432 g/mol. The molecule has 0 bridgehead atoms. The standard InChI is InChI=1S/C22H20N6O2S/c1-28(2)22-27-19(14-7-4-3-5-8-14)21(31-22)30-15-11-12-24-18(13-15)26-17-10-6-9-16(25-17)20(23)29/h3-13H,1-2H3,(H2,23,29)(H,24,25,26). The van der Waals surface area contributed by atoms with E-state index in [1.54, 1.807) is 36.5 Å². The molecule has 0 radical (unpaired) electrons. The number of carbonyl (C=O) groups is 1. The summed E-state index contributed by atoms with van der Waals surface area (Å²) in [6.07, 6.45) is 1.63. The van der Waals surface area contributed by atoms with Crippen molar-refractivity contribution in [1.82, 2.24) is 15.0 Å². The van der Waals surface area contributed by atoms with Crippen molar-refractivity contribution in [2.45, 2.75) is 0 Å². The van der Waals surface area contributed by atoms with E-state index >= 15 is 0 Å². The van der Waals surface area contributed by atoms with E-state index in [1.807, 2.05) is 49.3 Å². The van der Waals surface area contributed by atoms with E-state index in [-0.39, 0.29) is 5.69 Å². The Hall–Kier alpha value is -3.98. The van der Waals surface area contributed by atoms with Crippen LogP contribution in [0.3, 0.4) is 0 Å². The highest BCUT2D eigenvalue weighted by Crippen LogP contribution is 2.41. The number of rotatable bonds is 7. The molecular weight excluding hydrogens is 412 g/mol. The zero-order valence-corrected chi connectivity index (χ0v) is 17.8. The van der Waals surface area contributed by atoms with Crippen molar-refractivity contribution in [3.63, 3.8) is 0 Å². The lowest BCUT2D eigenvalue weighted by Gasteiger charge is -2.09. The molecule has 0 aliphatic carbocycles. The SMILES string of the molecule is CN(C)c1nc(-c2ccccc2)c(Oc2ccnc(Nc3cccc(C(N)=O)n3)c2)s1. The number of amides is 1. The third-order valence-electron chi connectivity index (χ3n) is 4.21. The molecule has 8 nitrogen and oxygen atoms in total. The van der Waals surface area contributed by atoms with Gasteiger partial charge in [0.15, 0.2) is 5.13 Å². The summed E-state index contributed by atoms with van der Waals surface area (Å²) in [6, 6.07) is 18.4. The van der Waals surface area contributed by atoms with Crippen molar-refractivity contribution in [3.05, 3.63) is 72.6 Å². The van der Waals surface area contributed by atoms with Gasteiger partial charge in [0, 0.05) is 31.9 Å².